The first-order valence-electron chi connectivity index (χ1n) is 8.76. The molecule has 2 N–H and O–H groups in total. The summed E-state index contributed by atoms with van der Waals surface area (Å²) in [7, 11) is 0. The predicted molar refractivity (Wildman–Crippen MR) is 98.5 cm³/mol. The lowest BCUT2D eigenvalue weighted by atomic mass is 10.2. The largest absolute Gasteiger partial charge is 0.372 e. The van der Waals surface area contributed by atoms with E-state index in [1.165, 1.54) is 42.8 Å². The van der Waals surface area contributed by atoms with Crippen molar-refractivity contribution in [2.75, 3.05) is 24.5 Å². The van der Waals surface area contributed by atoms with Gasteiger partial charge in [0.05, 0.1) is 6.54 Å². The average molecular weight is 355 g/mol. The molecule has 1 fully saturated rings. The Morgan fingerprint density at radius 3 is 2.23 bits per heavy atom. The minimum absolute atomic E-state index is 0.123. The van der Waals surface area contributed by atoms with Gasteiger partial charge in [-0.25, -0.2) is 4.39 Å². The first-order valence-corrected chi connectivity index (χ1v) is 8.76. The summed E-state index contributed by atoms with van der Waals surface area (Å²) in [5.41, 5.74) is 2.53. The van der Waals surface area contributed by atoms with Crippen LogP contribution in [0.2, 0.25) is 0 Å². The molecular weight excluding hydrogens is 333 g/mol. The van der Waals surface area contributed by atoms with Gasteiger partial charge in [0.15, 0.2) is 0 Å². The van der Waals surface area contributed by atoms with Gasteiger partial charge in [-0.2, -0.15) is 0 Å². The van der Waals surface area contributed by atoms with E-state index in [4.69, 9.17) is 0 Å². The van der Waals surface area contributed by atoms with Crippen molar-refractivity contribution < 1.29 is 14.0 Å². The number of halogens is 1. The van der Waals surface area contributed by atoms with Crippen LogP contribution in [-0.2, 0) is 11.3 Å². The molecule has 1 aliphatic heterocycles. The molecule has 0 atom stereocenters. The number of carbonyl (C=O) groups is 2. The van der Waals surface area contributed by atoms with Gasteiger partial charge < -0.3 is 15.5 Å². The Hall–Kier alpha value is -2.89. The van der Waals surface area contributed by atoms with E-state index in [0.29, 0.717) is 12.1 Å². The van der Waals surface area contributed by atoms with Gasteiger partial charge in [-0.3, -0.25) is 9.59 Å². The highest BCUT2D eigenvalue weighted by molar-refractivity contribution is 5.96. The normalized spacial score (nSPS) is 13.5. The first-order chi connectivity index (χ1) is 12.6. The number of rotatable bonds is 6. The van der Waals surface area contributed by atoms with Crippen molar-refractivity contribution in [3.05, 3.63) is 65.5 Å². The molecule has 0 aromatic heterocycles. The maximum absolute atomic E-state index is 12.8. The average Bonchev–Trinajstić information content (AvgIpc) is 3.20. The molecule has 136 valence electrons. The topological polar surface area (TPSA) is 61.4 Å². The molecule has 1 heterocycles. The number of benzene rings is 2. The van der Waals surface area contributed by atoms with E-state index in [1.54, 1.807) is 0 Å². The number of nitrogens with zero attached hydrogens (tertiary/aromatic N) is 1. The molecule has 5 nitrogen and oxygen atoms in total. The Morgan fingerprint density at radius 1 is 0.923 bits per heavy atom. The molecule has 0 saturated carbocycles. The highest BCUT2D eigenvalue weighted by Gasteiger charge is 2.12. The van der Waals surface area contributed by atoms with Crippen LogP contribution in [0.15, 0.2) is 48.5 Å². The summed E-state index contributed by atoms with van der Waals surface area (Å²) in [4.78, 5) is 26.1. The number of nitrogens with one attached hydrogen (secondary N) is 2. The molecule has 0 bridgehead atoms. The molecule has 0 radical (unpaired) electrons. The molecule has 2 amide bonds. The van der Waals surface area contributed by atoms with Crippen LogP contribution in [0.3, 0.4) is 0 Å². The standard InChI is InChI=1S/C20H22FN3O2/c21-17-7-5-16(6-8-17)20(26)23-14-19(25)22-13-15-3-9-18(10-4-15)24-11-1-2-12-24/h3-10H,1-2,11-14H2,(H,22,25)(H,23,26). The third-order valence-corrected chi connectivity index (χ3v) is 4.41. The molecule has 3 rings (SSSR count). The lowest BCUT2D eigenvalue weighted by molar-refractivity contribution is -0.120. The van der Waals surface area contributed by atoms with Gasteiger partial charge in [0.2, 0.25) is 5.91 Å². The van der Waals surface area contributed by atoms with E-state index in [2.05, 4.69) is 27.7 Å². The van der Waals surface area contributed by atoms with Crippen LogP contribution < -0.4 is 15.5 Å². The molecule has 0 spiro atoms. The summed E-state index contributed by atoms with van der Waals surface area (Å²) >= 11 is 0. The van der Waals surface area contributed by atoms with E-state index in [9.17, 15) is 14.0 Å². The second-order valence-electron chi connectivity index (χ2n) is 6.33. The van der Waals surface area contributed by atoms with Crippen molar-refractivity contribution in [3.8, 4) is 0 Å². The number of carbonyl (C=O) groups excluding carboxylic acids is 2. The Bertz CT molecular complexity index is 754. The molecule has 1 aliphatic rings. The van der Waals surface area contributed by atoms with Gasteiger partial charge in [-0.1, -0.05) is 12.1 Å². The molecule has 0 aliphatic carbocycles. The molecule has 0 unspecified atom stereocenters. The van der Waals surface area contributed by atoms with E-state index >= 15 is 0 Å². The molecule has 1 saturated heterocycles. The maximum atomic E-state index is 12.8. The summed E-state index contributed by atoms with van der Waals surface area (Å²) in [6.07, 6.45) is 2.48. The van der Waals surface area contributed by atoms with Crippen molar-refractivity contribution in [2.45, 2.75) is 19.4 Å². The third-order valence-electron chi connectivity index (χ3n) is 4.41. The van der Waals surface area contributed by atoms with Crippen LogP contribution >= 0.6 is 0 Å². The first kappa shape index (κ1) is 17.9. The van der Waals surface area contributed by atoms with E-state index in [1.807, 2.05) is 12.1 Å². The Balaban J connectivity index is 1.42. The molecule has 2 aromatic rings. The van der Waals surface area contributed by atoms with E-state index < -0.39 is 11.7 Å². The zero-order valence-electron chi connectivity index (χ0n) is 14.5. The van der Waals surface area contributed by atoms with E-state index in [0.717, 1.165) is 18.7 Å². The highest BCUT2D eigenvalue weighted by Crippen LogP contribution is 2.20. The summed E-state index contributed by atoms with van der Waals surface area (Å²) in [6.45, 7) is 2.49. The van der Waals surface area contributed by atoms with Crippen LogP contribution in [0.4, 0.5) is 10.1 Å². The maximum Gasteiger partial charge on any atom is 0.251 e. The minimum Gasteiger partial charge on any atom is -0.372 e. The lowest BCUT2D eigenvalue weighted by Gasteiger charge is -2.17. The Kier molecular flexibility index (Phi) is 5.84. The van der Waals surface area contributed by atoms with Crippen molar-refractivity contribution in [1.29, 1.82) is 0 Å². The van der Waals surface area contributed by atoms with Crippen LogP contribution in [0.5, 0.6) is 0 Å². The van der Waals surface area contributed by atoms with Gasteiger partial charge in [0.25, 0.3) is 5.91 Å². The third kappa shape index (κ3) is 4.81. The predicted octanol–water partition coefficient (Wildman–Crippen LogP) is 2.47. The molecular formula is C20H22FN3O2. The van der Waals surface area contributed by atoms with Gasteiger partial charge in [0, 0.05) is 30.9 Å². The van der Waals surface area contributed by atoms with Gasteiger partial charge >= 0.3 is 0 Å². The Labute approximate surface area is 152 Å². The monoisotopic (exact) mass is 355 g/mol. The highest BCUT2D eigenvalue weighted by atomic mass is 19.1. The van der Waals surface area contributed by atoms with Gasteiger partial charge in [0.1, 0.15) is 5.82 Å². The number of anilines is 1. The summed E-state index contributed by atoms with van der Waals surface area (Å²) < 4.78 is 12.8. The van der Waals surface area contributed by atoms with Gasteiger partial charge in [-0.05, 0) is 54.8 Å². The summed E-state index contributed by atoms with van der Waals surface area (Å²) in [5.74, 6) is -1.09. The molecule has 6 heteroatoms. The summed E-state index contributed by atoms with van der Waals surface area (Å²) in [6, 6.07) is 13.3. The zero-order chi connectivity index (χ0) is 18.4. The van der Waals surface area contributed by atoms with Crippen LogP contribution in [0, 0.1) is 5.82 Å². The fourth-order valence-electron chi connectivity index (χ4n) is 2.93. The fraction of sp³-hybridized carbons (Fsp3) is 0.300. The fourth-order valence-corrected chi connectivity index (χ4v) is 2.93. The van der Waals surface area contributed by atoms with Crippen molar-refractivity contribution in [1.82, 2.24) is 10.6 Å². The number of amides is 2. The quantitative estimate of drug-likeness (QED) is 0.837. The molecule has 2 aromatic carbocycles. The van der Waals surface area contributed by atoms with Crippen LogP contribution in [0.1, 0.15) is 28.8 Å². The zero-order valence-corrected chi connectivity index (χ0v) is 14.5. The Morgan fingerprint density at radius 2 is 1.58 bits per heavy atom. The van der Waals surface area contributed by atoms with Crippen molar-refractivity contribution in [3.63, 3.8) is 0 Å². The number of hydrogen-bond donors (Lipinski definition) is 2. The lowest BCUT2D eigenvalue weighted by Crippen LogP contribution is -2.36. The minimum atomic E-state index is -0.407. The SMILES string of the molecule is O=C(CNC(=O)c1ccc(F)cc1)NCc1ccc(N2CCCC2)cc1. The smallest absolute Gasteiger partial charge is 0.251 e. The summed E-state index contributed by atoms with van der Waals surface area (Å²) in [5, 5.41) is 5.30. The number of hydrogen-bond acceptors (Lipinski definition) is 3. The van der Waals surface area contributed by atoms with Crippen LogP contribution in [0.25, 0.3) is 0 Å². The van der Waals surface area contributed by atoms with Crippen molar-refractivity contribution in [2.24, 2.45) is 0 Å². The second kappa shape index (κ2) is 8.47. The van der Waals surface area contributed by atoms with Crippen molar-refractivity contribution >= 4 is 17.5 Å². The van der Waals surface area contributed by atoms with E-state index in [-0.39, 0.29) is 12.5 Å². The van der Waals surface area contributed by atoms with Gasteiger partial charge in [-0.15, -0.1) is 0 Å². The van der Waals surface area contributed by atoms with Crippen LogP contribution in [-0.4, -0.2) is 31.4 Å². The second-order valence-corrected chi connectivity index (χ2v) is 6.33. The molecule has 26 heavy (non-hydrogen) atoms.